The van der Waals surface area contributed by atoms with Crippen LogP contribution < -0.4 is 5.32 Å². The highest BCUT2D eigenvalue weighted by atomic mass is 35.5. The summed E-state index contributed by atoms with van der Waals surface area (Å²) in [6.45, 7) is 10.6. The van der Waals surface area contributed by atoms with Gasteiger partial charge >= 0.3 is 0 Å². The Bertz CT molecular complexity index is 1080. The minimum Gasteiger partial charge on any atom is -0.385 e. The molecule has 10 heteroatoms. The first-order valence-electron chi connectivity index (χ1n) is 14.2. The van der Waals surface area contributed by atoms with Crippen molar-refractivity contribution in [2.75, 3.05) is 46.4 Å². The number of aromatic nitrogens is 3. The number of nitrogens with one attached hydrogen (secondary N) is 1. The molecule has 2 amide bonds. The molecule has 9 nitrogen and oxygen atoms in total. The van der Waals surface area contributed by atoms with Crippen molar-refractivity contribution in [3.63, 3.8) is 0 Å². The second kappa shape index (κ2) is 14.8. The highest BCUT2D eigenvalue weighted by molar-refractivity contribution is 5.94. The van der Waals surface area contributed by atoms with Crippen molar-refractivity contribution in [3.8, 4) is 5.69 Å². The zero-order valence-electron chi connectivity index (χ0n) is 23.9. The fourth-order valence-corrected chi connectivity index (χ4v) is 5.69. The third-order valence-electron chi connectivity index (χ3n) is 7.68. The van der Waals surface area contributed by atoms with Crippen LogP contribution in [-0.2, 0) is 16.0 Å². The maximum Gasteiger partial charge on any atom is 0.276 e. The second-order valence-electron chi connectivity index (χ2n) is 11.2. The van der Waals surface area contributed by atoms with Crippen molar-refractivity contribution in [3.05, 3.63) is 41.2 Å². The first kappa shape index (κ1) is 31.0. The Morgan fingerprint density at radius 3 is 2.59 bits per heavy atom. The summed E-state index contributed by atoms with van der Waals surface area (Å²) in [5.74, 6) is 0.304. The van der Waals surface area contributed by atoms with Gasteiger partial charge in [-0.05, 0) is 63.0 Å². The Labute approximate surface area is 239 Å². The molecule has 2 aliphatic heterocycles. The molecule has 0 unspecified atom stereocenters. The van der Waals surface area contributed by atoms with Gasteiger partial charge in [0.2, 0.25) is 5.91 Å². The fourth-order valence-electron chi connectivity index (χ4n) is 5.69. The number of piperidine rings is 1. The van der Waals surface area contributed by atoms with Crippen molar-refractivity contribution < 1.29 is 14.3 Å². The molecule has 0 spiro atoms. The molecule has 2 fully saturated rings. The number of hydrogen-bond donors (Lipinski definition) is 1. The quantitative estimate of drug-likeness (QED) is 0.422. The largest absolute Gasteiger partial charge is 0.385 e. The Morgan fingerprint density at radius 2 is 1.90 bits per heavy atom. The Kier molecular flexibility index (Phi) is 11.8. The van der Waals surface area contributed by atoms with Gasteiger partial charge in [0.25, 0.3) is 5.91 Å². The molecule has 216 valence electrons. The normalized spacial score (nSPS) is 19.3. The molecule has 1 aromatic heterocycles. The van der Waals surface area contributed by atoms with Crippen LogP contribution in [0.25, 0.3) is 5.69 Å². The summed E-state index contributed by atoms with van der Waals surface area (Å²) in [7, 11) is 1.71. The van der Waals surface area contributed by atoms with E-state index in [0.29, 0.717) is 44.8 Å². The topological polar surface area (TPSA) is 92.6 Å². The number of carbonyl (C=O) groups is 2. The molecular formula is C29H45ClN6O3. The molecule has 1 aromatic carbocycles. The first-order valence-corrected chi connectivity index (χ1v) is 14.2. The number of hydrogen-bond acceptors (Lipinski definition) is 6. The van der Waals surface area contributed by atoms with Gasteiger partial charge in [-0.1, -0.05) is 37.3 Å². The molecule has 1 N–H and O–H groups in total. The number of ether oxygens (including phenoxy) is 1. The summed E-state index contributed by atoms with van der Waals surface area (Å²) in [6.07, 6.45) is 5.28. The minimum atomic E-state index is -0.106. The molecule has 0 saturated carbocycles. The number of nitrogens with zero attached hydrogens (tertiary/aromatic N) is 5. The monoisotopic (exact) mass is 560 g/mol. The van der Waals surface area contributed by atoms with Gasteiger partial charge in [0.15, 0.2) is 5.69 Å². The molecule has 0 radical (unpaired) electrons. The lowest BCUT2D eigenvalue weighted by atomic mass is 9.92. The van der Waals surface area contributed by atoms with Crippen LogP contribution in [0.5, 0.6) is 0 Å². The number of likely N-dealkylation sites (tertiary alicyclic amines) is 1. The van der Waals surface area contributed by atoms with Gasteiger partial charge < -0.3 is 19.9 Å². The van der Waals surface area contributed by atoms with Crippen LogP contribution >= 0.6 is 12.4 Å². The van der Waals surface area contributed by atoms with Gasteiger partial charge in [0.1, 0.15) is 0 Å². The van der Waals surface area contributed by atoms with Crippen LogP contribution in [0.4, 0.5) is 0 Å². The third-order valence-corrected chi connectivity index (χ3v) is 7.68. The number of unbranched alkanes of at least 4 members (excludes halogenated alkanes) is 1. The van der Waals surface area contributed by atoms with E-state index in [9.17, 15) is 9.59 Å². The lowest BCUT2D eigenvalue weighted by Crippen LogP contribution is -2.55. The molecule has 0 bridgehead atoms. The number of halogens is 1. The van der Waals surface area contributed by atoms with E-state index in [0.717, 1.165) is 55.7 Å². The molecule has 2 atom stereocenters. The summed E-state index contributed by atoms with van der Waals surface area (Å²) < 4.78 is 7.08. The van der Waals surface area contributed by atoms with E-state index in [-0.39, 0.29) is 42.1 Å². The molecule has 39 heavy (non-hydrogen) atoms. The van der Waals surface area contributed by atoms with Gasteiger partial charge in [0.05, 0.1) is 17.3 Å². The van der Waals surface area contributed by atoms with Crippen LogP contribution in [0.1, 0.15) is 67.7 Å². The van der Waals surface area contributed by atoms with Crippen molar-refractivity contribution in [1.29, 1.82) is 0 Å². The van der Waals surface area contributed by atoms with Gasteiger partial charge in [-0.3, -0.25) is 9.59 Å². The van der Waals surface area contributed by atoms with Gasteiger partial charge in [0, 0.05) is 52.5 Å². The molecular weight excluding hydrogens is 516 g/mol. The average Bonchev–Trinajstić information content (AvgIpc) is 3.60. The molecule has 4 rings (SSSR count). The molecule has 2 saturated heterocycles. The van der Waals surface area contributed by atoms with E-state index in [1.807, 2.05) is 45.7 Å². The van der Waals surface area contributed by atoms with E-state index in [2.05, 4.69) is 29.5 Å². The highest BCUT2D eigenvalue weighted by Crippen LogP contribution is 2.25. The van der Waals surface area contributed by atoms with Crippen molar-refractivity contribution in [2.24, 2.45) is 11.8 Å². The number of carbonyl (C=O) groups excluding carboxylic acids is 2. The van der Waals surface area contributed by atoms with Gasteiger partial charge in [-0.15, -0.1) is 17.5 Å². The van der Waals surface area contributed by atoms with Crippen LogP contribution in [-0.4, -0.2) is 89.1 Å². The van der Waals surface area contributed by atoms with Crippen LogP contribution in [0.15, 0.2) is 24.3 Å². The molecule has 0 aliphatic carbocycles. The molecule has 3 heterocycles. The summed E-state index contributed by atoms with van der Waals surface area (Å²) in [5, 5.41) is 12.4. The number of benzene rings is 1. The fraction of sp³-hybridized carbons (Fsp3) is 0.655. The zero-order valence-corrected chi connectivity index (χ0v) is 24.7. The van der Waals surface area contributed by atoms with E-state index in [4.69, 9.17) is 4.74 Å². The van der Waals surface area contributed by atoms with Crippen molar-refractivity contribution in [1.82, 2.24) is 30.1 Å². The summed E-state index contributed by atoms with van der Waals surface area (Å²) in [4.78, 5) is 31.4. The van der Waals surface area contributed by atoms with Crippen LogP contribution in [0.2, 0.25) is 0 Å². The average molecular weight is 561 g/mol. The van der Waals surface area contributed by atoms with Crippen LogP contribution in [0.3, 0.4) is 0 Å². The second-order valence-corrected chi connectivity index (χ2v) is 11.2. The van der Waals surface area contributed by atoms with E-state index in [1.165, 1.54) is 0 Å². The third kappa shape index (κ3) is 7.58. The summed E-state index contributed by atoms with van der Waals surface area (Å²) >= 11 is 0. The number of methoxy groups -OCH3 is 1. The SMILES string of the molecule is COCCCCc1c(C(=O)N(CC(C)C)[C@@H]2CNC[C@H](C(=O)N3CCCC3)C2)nnn1-c1ccccc1C.Cl. The van der Waals surface area contributed by atoms with Crippen molar-refractivity contribution >= 4 is 24.2 Å². The van der Waals surface area contributed by atoms with E-state index in [1.54, 1.807) is 7.11 Å². The van der Waals surface area contributed by atoms with Crippen molar-refractivity contribution in [2.45, 2.75) is 65.3 Å². The number of aryl methyl sites for hydroxylation is 1. The van der Waals surface area contributed by atoms with Gasteiger partial charge in [-0.25, -0.2) is 4.68 Å². The standard InChI is InChI=1S/C29H44N6O3.ClH/c1-21(2)20-34(24-17-23(18-30-19-24)28(36)33-14-8-9-15-33)29(37)27-26(13-7-10-16-38-4)35(32-31-27)25-12-6-5-11-22(25)3;/h5-6,11-12,21,23-24,30H,7-10,13-20H2,1-4H3;1H/t23-,24+;/m1./s1. The maximum absolute atomic E-state index is 14.2. The lowest BCUT2D eigenvalue weighted by Gasteiger charge is -2.39. The highest BCUT2D eigenvalue weighted by Gasteiger charge is 2.37. The minimum absolute atomic E-state index is 0. The van der Waals surface area contributed by atoms with E-state index >= 15 is 0 Å². The summed E-state index contributed by atoms with van der Waals surface area (Å²) in [5.41, 5.74) is 3.27. The smallest absolute Gasteiger partial charge is 0.276 e. The Balaban J connectivity index is 0.00000420. The zero-order chi connectivity index (χ0) is 27.1. The number of rotatable bonds is 11. The Hall–Kier alpha value is -2.49. The lowest BCUT2D eigenvalue weighted by molar-refractivity contribution is -0.135. The maximum atomic E-state index is 14.2. The van der Waals surface area contributed by atoms with Gasteiger partial charge in [-0.2, -0.15) is 0 Å². The number of para-hydroxylation sites is 1. The van der Waals surface area contributed by atoms with Crippen LogP contribution in [0, 0.1) is 18.8 Å². The molecule has 2 aliphatic rings. The predicted molar refractivity (Wildman–Crippen MR) is 155 cm³/mol. The molecule has 2 aromatic rings. The first-order chi connectivity index (χ1) is 18.4. The van der Waals surface area contributed by atoms with E-state index < -0.39 is 0 Å². The Morgan fingerprint density at radius 1 is 1.15 bits per heavy atom. The predicted octanol–water partition coefficient (Wildman–Crippen LogP) is 3.67. The summed E-state index contributed by atoms with van der Waals surface area (Å²) in [6, 6.07) is 7.98. The number of amides is 2.